The van der Waals surface area contributed by atoms with Crippen LogP contribution in [0.25, 0.3) is 10.4 Å². The average molecular weight is 1120 g/mol. The molecule has 5 heterocycles. The standard InChI is InChI=1S/C39H87N3O15Si10/c1-31(2)22-59-43-58(21-19-20-41-42-40)44-60(23-32(3)4)48-62(46-59,25-34(7)8)52-66(29-38(15)16)55-64(50-60,27-36(11)12)54-65(28-37(13)14)51-61(45-58,24-33(5)6)49-63(47-59,26-35(9)10)53-67(56-65,57-66)30-39(17)18/h31-39H,19-30H2,1-18H3. The second kappa shape index (κ2) is 21.2. The Labute approximate surface area is 414 Å². The summed E-state index contributed by atoms with van der Waals surface area (Å²) in [4.78, 5) is 3.13. The Morgan fingerprint density at radius 2 is 0.433 bits per heavy atom. The van der Waals surface area contributed by atoms with Gasteiger partial charge in [0.05, 0.1) is 0 Å². The van der Waals surface area contributed by atoms with Crippen molar-refractivity contribution in [1.82, 2.24) is 0 Å². The summed E-state index contributed by atoms with van der Waals surface area (Å²) in [5.74, 6) is 0.0615. The normalized spacial score (nSPS) is 40.8. The number of hydrogen-bond donors (Lipinski definition) is 0. The monoisotopic (exact) mass is 1120 g/mol. The third-order valence-corrected chi connectivity index (χ3v) is 61.5. The van der Waals surface area contributed by atoms with Crippen LogP contribution in [-0.4, -0.2) is 94.6 Å². The molecule has 28 heteroatoms. The highest BCUT2D eigenvalue weighted by molar-refractivity contribution is 7.04. The number of fused-ring (bicyclic) bond motifs is 10. The summed E-state index contributed by atoms with van der Waals surface area (Å²) in [6.45, 7) is 38.9. The molecule has 5 fully saturated rings. The molecule has 18 nitrogen and oxygen atoms in total. The molecule has 8 atom stereocenters. The number of azide groups is 1. The number of rotatable bonds is 22. The van der Waals surface area contributed by atoms with Crippen molar-refractivity contribution < 1.29 is 61.7 Å². The Kier molecular flexibility index (Phi) is 18.1. The molecular formula is C39H87N3O15Si10. The smallest absolute Gasteiger partial charge is 0.373 e. The number of nitrogens with zero attached hydrogens (tertiary/aromatic N) is 3. The maximum absolute atomic E-state index is 9.55. The molecule has 388 valence electrons. The van der Waals surface area contributed by atoms with E-state index in [2.05, 4.69) is 135 Å². The highest BCUT2D eigenvalue weighted by atomic mass is 28.6. The van der Waals surface area contributed by atoms with Gasteiger partial charge in [-0.3, -0.25) is 0 Å². The molecule has 8 unspecified atom stereocenters. The van der Waals surface area contributed by atoms with Crippen LogP contribution >= 0.6 is 0 Å². The van der Waals surface area contributed by atoms with Crippen LogP contribution in [0.3, 0.4) is 0 Å². The van der Waals surface area contributed by atoms with Gasteiger partial charge >= 0.3 is 88.0 Å². The molecule has 0 amide bonds. The fourth-order valence-corrected chi connectivity index (χ4v) is 74.9. The zero-order valence-corrected chi connectivity index (χ0v) is 54.1. The first-order valence-electron chi connectivity index (χ1n) is 25.4. The van der Waals surface area contributed by atoms with Gasteiger partial charge in [0.15, 0.2) is 0 Å². The minimum Gasteiger partial charge on any atom is -0.373 e. The fraction of sp³-hybridized carbons (Fsp3) is 1.00. The summed E-state index contributed by atoms with van der Waals surface area (Å²) in [5, 5.41) is 3.99. The van der Waals surface area contributed by atoms with Crippen molar-refractivity contribution in [2.24, 2.45) is 58.4 Å². The van der Waals surface area contributed by atoms with E-state index in [4.69, 9.17) is 61.7 Å². The summed E-state index contributed by atoms with van der Waals surface area (Å²) in [5.41, 5.74) is 9.55. The Bertz CT molecular complexity index is 1620. The van der Waals surface area contributed by atoms with Crippen LogP contribution in [0.4, 0.5) is 0 Å². The van der Waals surface area contributed by atoms with Gasteiger partial charge in [-0.1, -0.05) is 130 Å². The van der Waals surface area contributed by atoms with E-state index in [0.717, 1.165) is 0 Å². The van der Waals surface area contributed by atoms with Crippen LogP contribution in [0.15, 0.2) is 5.11 Å². The molecule has 10 bridgehead atoms. The molecule has 0 aromatic carbocycles. The maximum Gasteiger partial charge on any atom is 0.479 e. The zero-order chi connectivity index (χ0) is 49.7. The van der Waals surface area contributed by atoms with Crippen molar-refractivity contribution in [3.8, 4) is 0 Å². The number of hydrogen-bond acceptors (Lipinski definition) is 16. The Morgan fingerprint density at radius 3 is 0.567 bits per heavy atom. The second-order valence-corrected chi connectivity index (χ2v) is 53.9. The lowest BCUT2D eigenvalue weighted by atomic mass is 10.3. The molecule has 0 aromatic rings. The predicted octanol–water partition coefficient (Wildman–Crippen LogP) is 11.3. The third kappa shape index (κ3) is 13.8. The SMILES string of the molecule is CC(C)C[Si]12O[Si]3(CCCN=[N+]=[N-])O[Si]4(CC(C)C)O[Si](CC(C)C)(O1)O[Si]1(CC(C)C)O[Si](CC(C)C)(O4)O[Si]4(CC(C)C)O[Si](CC(C)C)(O3)O[Si](CC(C)C)(O2)O[Si](CC(C)C)(O4)O1. The quantitative estimate of drug-likeness (QED) is 0.0327. The van der Waals surface area contributed by atoms with E-state index in [-0.39, 0.29) is 65.9 Å². The van der Waals surface area contributed by atoms with Crippen LogP contribution in [-0.2, 0) is 61.7 Å². The van der Waals surface area contributed by atoms with Gasteiger partial charge in [0.1, 0.15) is 0 Å². The Morgan fingerprint density at radius 1 is 0.284 bits per heavy atom. The van der Waals surface area contributed by atoms with E-state index in [1.165, 1.54) is 0 Å². The fourth-order valence-electron chi connectivity index (χ4n) is 10.4. The van der Waals surface area contributed by atoms with Gasteiger partial charge < -0.3 is 61.7 Å². The van der Waals surface area contributed by atoms with Gasteiger partial charge in [-0.2, -0.15) is 0 Å². The highest BCUT2D eigenvalue weighted by Gasteiger charge is 2.84. The van der Waals surface area contributed by atoms with E-state index in [1.54, 1.807) is 0 Å². The van der Waals surface area contributed by atoms with Gasteiger partial charge in [-0.05, 0) is 65.2 Å². The molecule has 0 spiro atoms. The minimum atomic E-state index is -4.34. The largest absolute Gasteiger partial charge is 0.479 e. The molecule has 0 saturated carbocycles. The lowest BCUT2D eigenvalue weighted by Gasteiger charge is -2.64. The van der Waals surface area contributed by atoms with Crippen molar-refractivity contribution in [1.29, 1.82) is 0 Å². The summed E-state index contributed by atoms with van der Waals surface area (Å²) in [7, 11) is -42.6. The summed E-state index contributed by atoms with van der Waals surface area (Å²) >= 11 is 0. The van der Waals surface area contributed by atoms with Crippen LogP contribution in [0, 0.1) is 53.3 Å². The van der Waals surface area contributed by atoms with Gasteiger partial charge in [0, 0.05) is 71.9 Å². The van der Waals surface area contributed by atoms with Crippen LogP contribution in [0.2, 0.25) is 60.4 Å². The van der Waals surface area contributed by atoms with Gasteiger partial charge in [-0.15, -0.1) is 0 Å². The Balaban J connectivity index is 1.92. The summed E-state index contributed by atoms with van der Waals surface area (Å²) in [6, 6.07) is 3.54. The molecule has 0 aromatic heterocycles. The van der Waals surface area contributed by atoms with Crippen molar-refractivity contribution in [2.45, 2.75) is 191 Å². The van der Waals surface area contributed by atoms with Gasteiger partial charge in [-0.25, -0.2) is 0 Å². The Hall–Kier alpha value is 0.879. The van der Waals surface area contributed by atoms with Crippen molar-refractivity contribution in [3.05, 3.63) is 10.4 Å². The predicted molar refractivity (Wildman–Crippen MR) is 274 cm³/mol. The van der Waals surface area contributed by atoms with Gasteiger partial charge in [0.25, 0.3) is 0 Å². The second-order valence-electron chi connectivity index (χ2n) is 23.8. The topological polar surface area (TPSA) is 187 Å². The molecule has 5 aliphatic rings. The average Bonchev–Trinajstić information content (AvgIpc) is 3.03. The minimum absolute atomic E-state index is 0.00735. The lowest BCUT2D eigenvalue weighted by molar-refractivity contribution is -0.0328. The van der Waals surface area contributed by atoms with Crippen molar-refractivity contribution in [3.63, 3.8) is 0 Å². The molecular weight excluding hydrogens is 1030 g/mol. The highest BCUT2D eigenvalue weighted by Crippen LogP contribution is 2.56. The van der Waals surface area contributed by atoms with Crippen molar-refractivity contribution >= 4 is 88.0 Å². The zero-order valence-electron chi connectivity index (χ0n) is 44.1. The molecule has 0 aliphatic carbocycles. The first-order chi connectivity index (χ1) is 30.9. The van der Waals surface area contributed by atoms with Crippen molar-refractivity contribution in [2.75, 3.05) is 6.54 Å². The molecule has 5 aliphatic heterocycles. The molecule has 0 radical (unpaired) electrons. The van der Waals surface area contributed by atoms with E-state index in [0.29, 0.717) is 60.8 Å². The summed E-state index contributed by atoms with van der Waals surface area (Å²) < 4.78 is 121. The van der Waals surface area contributed by atoms with E-state index >= 15 is 0 Å². The van der Waals surface area contributed by atoms with Crippen LogP contribution in [0.1, 0.15) is 131 Å². The molecule has 0 N–H and O–H groups in total. The van der Waals surface area contributed by atoms with E-state index in [1.807, 2.05) is 0 Å². The molecule has 5 saturated heterocycles. The summed E-state index contributed by atoms with van der Waals surface area (Å²) in [6.07, 6.45) is 0.367. The third-order valence-electron chi connectivity index (χ3n) is 11.4. The van der Waals surface area contributed by atoms with Crippen LogP contribution < -0.4 is 0 Å². The van der Waals surface area contributed by atoms with Crippen LogP contribution in [0.5, 0.6) is 0 Å². The van der Waals surface area contributed by atoms with E-state index < -0.39 is 88.0 Å². The first kappa shape index (κ1) is 57.2. The first-order valence-corrected chi connectivity index (χ1v) is 44.8. The van der Waals surface area contributed by atoms with Gasteiger partial charge in [0.2, 0.25) is 0 Å². The van der Waals surface area contributed by atoms with E-state index in [9.17, 15) is 5.53 Å². The molecule has 67 heavy (non-hydrogen) atoms. The maximum atomic E-state index is 9.55. The molecule has 5 rings (SSSR count). The lowest BCUT2D eigenvalue weighted by Crippen LogP contribution is -2.88.